The van der Waals surface area contributed by atoms with Gasteiger partial charge in [-0.3, -0.25) is 0 Å². The van der Waals surface area contributed by atoms with Gasteiger partial charge in [0.15, 0.2) is 9.84 Å². The van der Waals surface area contributed by atoms with Crippen LogP contribution in [-0.2, 0) is 16.4 Å². The van der Waals surface area contributed by atoms with E-state index in [1.54, 1.807) is 24.3 Å². The van der Waals surface area contributed by atoms with Gasteiger partial charge in [-0.2, -0.15) is 0 Å². The molecule has 1 aliphatic heterocycles. The summed E-state index contributed by atoms with van der Waals surface area (Å²) in [7, 11) is -3.21. The van der Waals surface area contributed by atoms with E-state index in [-0.39, 0.29) is 10.9 Å². The summed E-state index contributed by atoms with van der Waals surface area (Å²) in [5.41, 5.74) is 4.65. The van der Waals surface area contributed by atoms with E-state index in [1.165, 1.54) is 28.4 Å². The number of amides is 2. The summed E-state index contributed by atoms with van der Waals surface area (Å²) in [6.07, 6.45) is 3.07. The van der Waals surface area contributed by atoms with Crippen LogP contribution in [0, 0.1) is 6.92 Å². The van der Waals surface area contributed by atoms with Crippen molar-refractivity contribution in [3.63, 3.8) is 0 Å². The Morgan fingerprint density at radius 1 is 1.10 bits per heavy atom. The number of aryl methyl sites for hydroxylation is 1. The number of rotatable bonds is 4. The van der Waals surface area contributed by atoms with Crippen LogP contribution in [0.4, 0.5) is 4.79 Å². The number of fused-ring (bicyclic) bond motifs is 1. The molecule has 158 valence electrons. The van der Waals surface area contributed by atoms with Gasteiger partial charge in [0.1, 0.15) is 0 Å². The number of nitrogens with zero attached hydrogens (tertiary/aromatic N) is 1. The van der Waals surface area contributed by atoms with Gasteiger partial charge in [-0.05, 0) is 55.0 Å². The zero-order chi connectivity index (χ0) is 21.3. The topological polar surface area (TPSA) is 82.3 Å². The molecule has 1 fully saturated rings. The van der Waals surface area contributed by atoms with E-state index < -0.39 is 9.84 Å². The Hall–Kier alpha value is -2.80. The highest BCUT2D eigenvalue weighted by Gasteiger charge is 2.26. The zero-order valence-electron chi connectivity index (χ0n) is 17.3. The summed E-state index contributed by atoms with van der Waals surface area (Å²) in [5, 5.41) is 4.24. The molecule has 0 aliphatic carbocycles. The van der Waals surface area contributed by atoms with Gasteiger partial charge in [0.2, 0.25) is 0 Å². The van der Waals surface area contributed by atoms with E-state index in [2.05, 4.69) is 35.4 Å². The highest BCUT2D eigenvalue weighted by atomic mass is 32.2. The summed E-state index contributed by atoms with van der Waals surface area (Å²) in [4.78, 5) is 18.2. The number of aromatic amines is 1. The van der Waals surface area contributed by atoms with Crippen LogP contribution in [0.5, 0.6) is 0 Å². The lowest BCUT2D eigenvalue weighted by atomic mass is 9.87. The number of H-pyrrole nitrogens is 1. The summed E-state index contributed by atoms with van der Waals surface area (Å²) >= 11 is 0. The molecule has 1 aromatic heterocycles. The van der Waals surface area contributed by atoms with Crippen molar-refractivity contribution in [2.24, 2.45) is 0 Å². The molecule has 2 N–H and O–H groups in total. The van der Waals surface area contributed by atoms with Gasteiger partial charge in [-0.25, -0.2) is 13.2 Å². The minimum absolute atomic E-state index is 0.0729. The molecule has 3 aromatic rings. The second-order valence-corrected chi connectivity index (χ2v) is 10.1. The molecular weight excluding hydrogens is 398 g/mol. The third kappa shape index (κ3) is 4.21. The Morgan fingerprint density at radius 3 is 2.43 bits per heavy atom. The maximum absolute atomic E-state index is 12.6. The van der Waals surface area contributed by atoms with Crippen molar-refractivity contribution in [3.8, 4) is 0 Å². The third-order valence-corrected chi connectivity index (χ3v) is 7.06. The highest BCUT2D eigenvalue weighted by molar-refractivity contribution is 7.90. The lowest BCUT2D eigenvalue weighted by molar-refractivity contribution is 0.181. The number of hydrogen-bond donors (Lipinski definition) is 2. The van der Waals surface area contributed by atoms with Crippen molar-refractivity contribution in [2.75, 3.05) is 19.3 Å². The molecule has 6 nitrogen and oxygen atoms in total. The van der Waals surface area contributed by atoms with Gasteiger partial charge in [-0.1, -0.05) is 30.3 Å². The summed E-state index contributed by atoms with van der Waals surface area (Å²) in [6.45, 7) is 3.96. The predicted molar refractivity (Wildman–Crippen MR) is 118 cm³/mol. The van der Waals surface area contributed by atoms with E-state index in [9.17, 15) is 13.2 Å². The van der Waals surface area contributed by atoms with Crippen LogP contribution in [0.1, 0.15) is 35.6 Å². The van der Waals surface area contributed by atoms with Gasteiger partial charge in [0, 0.05) is 42.5 Å². The molecule has 7 heteroatoms. The molecule has 0 saturated carbocycles. The molecule has 2 heterocycles. The van der Waals surface area contributed by atoms with Gasteiger partial charge in [-0.15, -0.1) is 0 Å². The number of piperidine rings is 1. The molecule has 2 aromatic carbocycles. The number of likely N-dealkylation sites (tertiary alicyclic amines) is 1. The number of nitrogens with one attached hydrogen (secondary N) is 2. The van der Waals surface area contributed by atoms with Crippen LogP contribution in [0.3, 0.4) is 0 Å². The Bertz CT molecular complexity index is 1160. The molecule has 30 heavy (non-hydrogen) atoms. The Labute approximate surface area is 177 Å². The maximum atomic E-state index is 12.6. The van der Waals surface area contributed by atoms with Crippen LogP contribution in [-0.4, -0.2) is 43.7 Å². The molecule has 0 atom stereocenters. The van der Waals surface area contributed by atoms with Crippen LogP contribution < -0.4 is 5.32 Å². The first-order valence-corrected chi connectivity index (χ1v) is 12.1. The number of aromatic nitrogens is 1. The number of urea groups is 1. The highest BCUT2D eigenvalue weighted by Crippen LogP contribution is 2.35. The molecule has 0 bridgehead atoms. The smallest absolute Gasteiger partial charge is 0.317 e. The monoisotopic (exact) mass is 425 g/mol. The molecule has 4 rings (SSSR count). The zero-order valence-corrected chi connectivity index (χ0v) is 18.1. The van der Waals surface area contributed by atoms with Gasteiger partial charge in [0.25, 0.3) is 0 Å². The largest absolute Gasteiger partial charge is 0.358 e. The predicted octanol–water partition coefficient (Wildman–Crippen LogP) is 3.97. The Balaban J connectivity index is 1.34. The summed E-state index contributed by atoms with van der Waals surface area (Å²) in [5.74, 6) is 0.453. The van der Waals surface area contributed by atoms with Crippen LogP contribution in [0.2, 0.25) is 0 Å². The van der Waals surface area contributed by atoms with Gasteiger partial charge in [0.05, 0.1) is 4.90 Å². The van der Waals surface area contributed by atoms with E-state index in [0.717, 1.165) is 31.5 Å². The maximum Gasteiger partial charge on any atom is 0.317 e. The minimum Gasteiger partial charge on any atom is -0.358 e. The van der Waals surface area contributed by atoms with Crippen LogP contribution in [0.15, 0.2) is 53.4 Å². The third-order valence-electron chi connectivity index (χ3n) is 5.93. The number of para-hydroxylation sites is 1. The van der Waals surface area contributed by atoms with E-state index >= 15 is 0 Å². The Morgan fingerprint density at radius 2 is 1.77 bits per heavy atom. The lowest BCUT2D eigenvalue weighted by Gasteiger charge is -2.32. The number of carbonyl (C=O) groups is 1. The number of carbonyl (C=O) groups excluding carboxylic acids is 1. The number of benzene rings is 2. The van der Waals surface area contributed by atoms with Gasteiger partial charge < -0.3 is 15.2 Å². The van der Waals surface area contributed by atoms with E-state index in [4.69, 9.17) is 0 Å². The SMILES string of the molecule is Cc1[nH]c2ccccc2c1C1CCN(C(=O)NCc2ccc(S(C)(=O)=O)cc2)CC1. The first-order chi connectivity index (χ1) is 14.3. The van der Waals surface area contributed by atoms with Crippen molar-refractivity contribution in [1.82, 2.24) is 15.2 Å². The fraction of sp³-hybridized carbons (Fsp3) is 0.348. The van der Waals surface area contributed by atoms with Crippen LogP contribution >= 0.6 is 0 Å². The molecule has 2 amide bonds. The van der Waals surface area contributed by atoms with E-state index in [1.807, 2.05) is 11.0 Å². The fourth-order valence-electron chi connectivity index (χ4n) is 4.34. The number of hydrogen-bond acceptors (Lipinski definition) is 3. The van der Waals surface area contributed by atoms with Crippen molar-refractivity contribution < 1.29 is 13.2 Å². The van der Waals surface area contributed by atoms with E-state index in [0.29, 0.717) is 12.5 Å². The minimum atomic E-state index is -3.21. The lowest BCUT2D eigenvalue weighted by Crippen LogP contribution is -2.43. The molecular formula is C23H27N3O3S. The van der Waals surface area contributed by atoms with Crippen molar-refractivity contribution >= 4 is 26.8 Å². The normalized spacial score (nSPS) is 15.5. The van der Waals surface area contributed by atoms with Crippen molar-refractivity contribution in [2.45, 2.75) is 37.1 Å². The van der Waals surface area contributed by atoms with Crippen molar-refractivity contribution in [1.29, 1.82) is 0 Å². The standard InChI is InChI=1S/C23H27N3O3S/c1-16-22(20-5-3-4-6-21(20)25-16)18-11-13-26(14-12-18)23(27)24-15-17-7-9-19(10-8-17)30(2,28)29/h3-10,18,25H,11-15H2,1-2H3,(H,24,27). The second kappa shape index (κ2) is 8.14. The molecule has 0 radical (unpaired) electrons. The summed E-state index contributed by atoms with van der Waals surface area (Å²) < 4.78 is 23.1. The van der Waals surface area contributed by atoms with Crippen molar-refractivity contribution in [3.05, 3.63) is 65.4 Å². The molecule has 1 saturated heterocycles. The summed E-state index contributed by atoms with van der Waals surface area (Å²) in [6, 6.07) is 15.0. The second-order valence-electron chi connectivity index (χ2n) is 8.05. The van der Waals surface area contributed by atoms with Crippen LogP contribution in [0.25, 0.3) is 10.9 Å². The number of sulfone groups is 1. The average molecular weight is 426 g/mol. The molecule has 0 unspecified atom stereocenters. The quantitative estimate of drug-likeness (QED) is 0.664. The fourth-order valence-corrected chi connectivity index (χ4v) is 4.97. The average Bonchev–Trinajstić information content (AvgIpc) is 3.07. The first-order valence-electron chi connectivity index (χ1n) is 10.2. The first kappa shape index (κ1) is 20.5. The molecule has 1 aliphatic rings. The van der Waals surface area contributed by atoms with Gasteiger partial charge >= 0.3 is 6.03 Å². The molecule has 0 spiro atoms. The Kier molecular flexibility index (Phi) is 5.56.